The Labute approximate surface area is 91.2 Å². The summed E-state index contributed by atoms with van der Waals surface area (Å²) in [5, 5.41) is 0. The van der Waals surface area contributed by atoms with Gasteiger partial charge >= 0.3 is 0 Å². The lowest BCUT2D eigenvalue weighted by Gasteiger charge is -2.26. The molecule has 0 aliphatic carbocycles. The van der Waals surface area contributed by atoms with E-state index in [-0.39, 0.29) is 18.5 Å². The Morgan fingerprint density at radius 1 is 1.33 bits per heavy atom. The Morgan fingerprint density at radius 3 is 2.20 bits per heavy atom. The molecular formula is C11H21FN2O. The minimum atomic E-state index is -0.925. The molecule has 1 heterocycles. The van der Waals surface area contributed by atoms with Crippen molar-refractivity contribution in [1.29, 1.82) is 0 Å². The van der Waals surface area contributed by atoms with Crippen LogP contribution in [-0.4, -0.2) is 55.1 Å². The molecule has 0 bridgehead atoms. The average molecular weight is 216 g/mol. The Hall–Kier alpha value is -0.640. The number of likely N-dealkylation sites (N-methyl/N-ethyl adjacent to an activating group) is 1. The first-order chi connectivity index (χ1) is 6.73. The van der Waals surface area contributed by atoms with E-state index in [1.807, 2.05) is 39.8 Å². The number of likely N-dealkylation sites (tertiary alicyclic amines) is 1. The lowest BCUT2D eigenvalue weighted by atomic mass is 9.95. The number of amides is 1. The Kier molecular flexibility index (Phi) is 3.38. The summed E-state index contributed by atoms with van der Waals surface area (Å²) in [4.78, 5) is 15.4. The van der Waals surface area contributed by atoms with Crippen molar-refractivity contribution in [2.75, 3.05) is 27.2 Å². The van der Waals surface area contributed by atoms with Crippen molar-refractivity contribution < 1.29 is 9.18 Å². The molecule has 0 N–H and O–H groups in total. The van der Waals surface area contributed by atoms with Crippen LogP contribution in [0.1, 0.15) is 20.8 Å². The third-order valence-electron chi connectivity index (χ3n) is 2.81. The van der Waals surface area contributed by atoms with Gasteiger partial charge in [-0.25, -0.2) is 4.39 Å². The van der Waals surface area contributed by atoms with Crippen molar-refractivity contribution in [3.63, 3.8) is 0 Å². The number of carbonyl (C=O) groups is 1. The van der Waals surface area contributed by atoms with E-state index >= 15 is 0 Å². The number of hydrogen-bond acceptors (Lipinski definition) is 2. The maximum Gasteiger partial charge on any atom is 0.228 e. The molecule has 2 unspecified atom stereocenters. The van der Waals surface area contributed by atoms with Gasteiger partial charge in [-0.1, -0.05) is 20.8 Å². The molecule has 1 saturated heterocycles. The number of hydrogen-bond donors (Lipinski definition) is 0. The second-order valence-electron chi connectivity index (χ2n) is 5.51. The summed E-state index contributed by atoms with van der Waals surface area (Å²) < 4.78 is 13.6. The SMILES string of the molecule is CN(C)C1CN(C(=O)C(C)(C)C)CC1F. The van der Waals surface area contributed by atoms with Crippen LogP contribution in [0.4, 0.5) is 4.39 Å². The molecule has 15 heavy (non-hydrogen) atoms. The highest BCUT2D eigenvalue weighted by Crippen LogP contribution is 2.24. The summed E-state index contributed by atoms with van der Waals surface area (Å²) in [7, 11) is 3.70. The van der Waals surface area contributed by atoms with Crippen LogP contribution in [0.5, 0.6) is 0 Å². The summed E-state index contributed by atoms with van der Waals surface area (Å²) in [6.45, 7) is 6.34. The number of alkyl halides is 1. The van der Waals surface area contributed by atoms with Crippen LogP contribution in [0.2, 0.25) is 0 Å². The fraction of sp³-hybridized carbons (Fsp3) is 0.909. The van der Waals surface area contributed by atoms with Gasteiger partial charge in [-0.3, -0.25) is 4.79 Å². The van der Waals surface area contributed by atoms with Crippen molar-refractivity contribution in [1.82, 2.24) is 9.80 Å². The molecular weight excluding hydrogens is 195 g/mol. The lowest BCUT2D eigenvalue weighted by Crippen LogP contribution is -2.40. The second-order valence-corrected chi connectivity index (χ2v) is 5.51. The van der Waals surface area contributed by atoms with E-state index in [4.69, 9.17) is 0 Å². The van der Waals surface area contributed by atoms with Crippen molar-refractivity contribution in [3.05, 3.63) is 0 Å². The zero-order valence-electron chi connectivity index (χ0n) is 10.2. The minimum absolute atomic E-state index is 0.0366. The lowest BCUT2D eigenvalue weighted by molar-refractivity contribution is -0.138. The van der Waals surface area contributed by atoms with Gasteiger partial charge in [0.15, 0.2) is 0 Å². The molecule has 0 spiro atoms. The summed E-state index contributed by atoms with van der Waals surface area (Å²) in [5.41, 5.74) is -0.416. The first kappa shape index (κ1) is 12.4. The molecule has 88 valence electrons. The van der Waals surface area contributed by atoms with Crippen LogP contribution in [0.3, 0.4) is 0 Å². The normalized spacial score (nSPS) is 27.5. The highest BCUT2D eigenvalue weighted by molar-refractivity contribution is 5.81. The van der Waals surface area contributed by atoms with Crippen LogP contribution in [0.25, 0.3) is 0 Å². The van der Waals surface area contributed by atoms with Crippen molar-refractivity contribution >= 4 is 5.91 Å². The Morgan fingerprint density at radius 2 is 1.87 bits per heavy atom. The Bertz CT molecular complexity index is 247. The molecule has 1 fully saturated rings. The van der Waals surface area contributed by atoms with Gasteiger partial charge < -0.3 is 9.80 Å². The van der Waals surface area contributed by atoms with Gasteiger partial charge in [0, 0.05) is 12.0 Å². The third kappa shape index (κ3) is 2.68. The van der Waals surface area contributed by atoms with E-state index in [0.29, 0.717) is 6.54 Å². The standard InChI is InChI=1S/C11H21FN2O/c1-11(2,3)10(15)14-6-8(12)9(7-14)13(4)5/h8-9H,6-7H2,1-5H3. The van der Waals surface area contributed by atoms with Crippen molar-refractivity contribution in [2.24, 2.45) is 5.41 Å². The number of rotatable bonds is 1. The first-order valence-electron chi connectivity index (χ1n) is 5.33. The van der Waals surface area contributed by atoms with Gasteiger partial charge in [0.1, 0.15) is 6.17 Å². The van der Waals surface area contributed by atoms with Crippen LogP contribution >= 0.6 is 0 Å². The van der Waals surface area contributed by atoms with E-state index in [9.17, 15) is 9.18 Å². The maximum absolute atomic E-state index is 13.6. The van der Waals surface area contributed by atoms with Gasteiger partial charge in [0.05, 0.1) is 12.6 Å². The highest BCUT2D eigenvalue weighted by Gasteiger charge is 2.39. The topological polar surface area (TPSA) is 23.6 Å². The number of nitrogens with zero attached hydrogens (tertiary/aromatic N) is 2. The van der Waals surface area contributed by atoms with Gasteiger partial charge in [-0.2, -0.15) is 0 Å². The number of halogens is 1. The van der Waals surface area contributed by atoms with Crippen LogP contribution in [0, 0.1) is 5.41 Å². The second kappa shape index (κ2) is 4.08. The molecule has 3 nitrogen and oxygen atoms in total. The molecule has 1 amide bonds. The molecule has 4 heteroatoms. The van der Waals surface area contributed by atoms with Crippen LogP contribution < -0.4 is 0 Å². The van der Waals surface area contributed by atoms with Gasteiger partial charge in [0.25, 0.3) is 0 Å². The first-order valence-corrected chi connectivity index (χ1v) is 5.33. The molecule has 0 radical (unpaired) electrons. The third-order valence-corrected chi connectivity index (χ3v) is 2.81. The highest BCUT2D eigenvalue weighted by atomic mass is 19.1. The van der Waals surface area contributed by atoms with E-state index in [2.05, 4.69) is 0 Å². The molecule has 0 aromatic heterocycles. The monoisotopic (exact) mass is 216 g/mol. The molecule has 0 aromatic rings. The zero-order chi connectivity index (χ0) is 11.8. The molecule has 1 aliphatic heterocycles. The molecule has 1 aliphatic rings. The van der Waals surface area contributed by atoms with E-state index in [1.165, 1.54) is 0 Å². The van der Waals surface area contributed by atoms with Crippen LogP contribution in [0.15, 0.2) is 0 Å². The van der Waals surface area contributed by atoms with Gasteiger partial charge in [0.2, 0.25) is 5.91 Å². The fourth-order valence-corrected chi connectivity index (χ4v) is 1.87. The van der Waals surface area contributed by atoms with Crippen molar-refractivity contribution in [2.45, 2.75) is 33.0 Å². The maximum atomic E-state index is 13.6. The average Bonchev–Trinajstić information content (AvgIpc) is 2.44. The van der Waals surface area contributed by atoms with E-state index in [1.54, 1.807) is 4.90 Å². The molecule has 1 rings (SSSR count). The van der Waals surface area contributed by atoms with Crippen molar-refractivity contribution in [3.8, 4) is 0 Å². The van der Waals surface area contributed by atoms with Gasteiger partial charge in [-0.15, -0.1) is 0 Å². The largest absolute Gasteiger partial charge is 0.338 e. The van der Waals surface area contributed by atoms with E-state index < -0.39 is 11.6 Å². The molecule has 2 atom stereocenters. The minimum Gasteiger partial charge on any atom is -0.338 e. The summed E-state index contributed by atoms with van der Waals surface area (Å²) in [6.07, 6.45) is -0.925. The quantitative estimate of drug-likeness (QED) is 0.656. The fourth-order valence-electron chi connectivity index (χ4n) is 1.87. The predicted octanol–water partition coefficient (Wildman–Crippen LogP) is 1.14. The summed E-state index contributed by atoms with van der Waals surface area (Å²) in [6, 6.07) is -0.156. The Balaban J connectivity index is 2.67. The molecule has 0 aromatic carbocycles. The molecule has 0 saturated carbocycles. The summed E-state index contributed by atoms with van der Waals surface area (Å²) in [5.74, 6) is 0.0366. The van der Waals surface area contributed by atoms with Gasteiger partial charge in [-0.05, 0) is 14.1 Å². The predicted molar refractivity (Wildman–Crippen MR) is 58.4 cm³/mol. The summed E-state index contributed by atoms with van der Waals surface area (Å²) >= 11 is 0. The van der Waals surface area contributed by atoms with Crippen LogP contribution in [-0.2, 0) is 4.79 Å². The van der Waals surface area contributed by atoms with E-state index in [0.717, 1.165) is 0 Å². The smallest absolute Gasteiger partial charge is 0.228 e. The number of carbonyl (C=O) groups excluding carboxylic acids is 1. The zero-order valence-corrected chi connectivity index (χ0v) is 10.2.